The molecule has 0 aromatic heterocycles. The van der Waals surface area contributed by atoms with Gasteiger partial charge in [0.05, 0.1) is 30.4 Å². The van der Waals surface area contributed by atoms with Gasteiger partial charge in [-0.25, -0.2) is 4.79 Å². The fourth-order valence-corrected chi connectivity index (χ4v) is 4.19. The maximum Gasteiger partial charge on any atom is 0.338 e. The quantitative estimate of drug-likeness (QED) is 0.177. The molecule has 1 fully saturated rings. The van der Waals surface area contributed by atoms with Gasteiger partial charge >= 0.3 is 5.97 Å². The van der Waals surface area contributed by atoms with Crippen molar-refractivity contribution in [2.75, 3.05) is 18.1 Å². The number of rotatable bonds is 9. The molecule has 37 heavy (non-hydrogen) atoms. The lowest BCUT2D eigenvalue weighted by Gasteiger charge is -2.25. The summed E-state index contributed by atoms with van der Waals surface area (Å²) in [4.78, 5) is 40.5. The lowest BCUT2D eigenvalue weighted by molar-refractivity contribution is -0.132. The molecule has 0 bridgehead atoms. The third-order valence-corrected chi connectivity index (χ3v) is 5.96. The Bertz CT molecular complexity index is 1310. The fourth-order valence-electron chi connectivity index (χ4n) is 4.19. The number of anilines is 1. The molecule has 1 saturated heterocycles. The number of ketones is 1. The molecule has 0 spiro atoms. The van der Waals surface area contributed by atoms with Gasteiger partial charge < -0.3 is 14.6 Å². The van der Waals surface area contributed by atoms with Gasteiger partial charge in [0.1, 0.15) is 11.5 Å². The molecule has 1 heterocycles. The highest BCUT2D eigenvalue weighted by Gasteiger charge is 2.47. The molecule has 7 heteroatoms. The van der Waals surface area contributed by atoms with Crippen LogP contribution in [0.2, 0.25) is 0 Å². The Balaban J connectivity index is 1.80. The van der Waals surface area contributed by atoms with Crippen LogP contribution < -0.4 is 9.64 Å². The minimum atomic E-state index is -0.890. The SMILES string of the molecule is CCCOC(=O)c1cccc(N2C(=O)C(=O)/C(=C(/O)c3ccc(OCCC)cc3)C2c2ccccc2)c1. The van der Waals surface area contributed by atoms with Crippen molar-refractivity contribution in [3.8, 4) is 5.75 Å². The Morgan fingerprint density at radius 2 is 1.57 bits per heavy atom. The Hall–Kier alpha value is -4.39. The summed E-state index contributed by atoms with van der Waals surface area (Å²) >= 11 is 0. The second kappa shape index (κ2) is 11.6. The summed E-state index contributed by atoms with van der Waals surface area (Å²) in [5.74, 6) is -1.75. The Morgan fingerprint density at radius 1 is 0.865 bits per heavy atom. The van der Waals surface area contributed by atoms with Crippen LogP contribution in [-0.2, 0) is 14.3 Å². The highest BCUT2D eigenvalue weighted by molar-refractivity contribution is 6.51. The number of Topliss-reactive ketones (excluding diaryl/α,β-unsaturated/α-hetero) is 1. The largest absolute Gasteiger partial charge is 0.507 e. The molecule has 1 aliphatic rings. The van der Waals surface area contributed by atoms with E-state index in [1.54, 1.807) is 66.7 Å². The number of esters is 1. The van der Waals surface area contributed by atoms with Gasteiger partial charge in [0.25, 0.3) is 11.7 Å². The zero-order chi connectivity index (χ0) is 26.4. The van der Waals surface area contributed by atoms with Gasteiger partial charge in [-0.3, -0.25) is 14.5 Å². The number of carbonyl (C=O) groups excluding carboxylic acids is 3. The number of nitrogens with zero attached hydrogens (tertiary/aromatic N) is 1. The second-order valence-corrected chi connectivity index (χ2v) is 8.64. The molecular weight excluding hydrogens is 470 g/mol. The molecule has 0 aliphatic carbocycles. The number of amides is 1. The molecule has 7 nitrogen and oxygen atoms in total. The highest BCUT2D eigenvalue weighted by atomic mass is 16.5. The number of benzene rings is 3. The van der Waals surface area contributed by atoms with Crippen LogP contribution in [0.4, 0.5) is 5.69 Å². The number of hydrogen-bond donors (Lipinski definition) is 1. The molecule has 0 saturated carbocycles. The average Bonchev–Trinajstić information content (AvgIpc) is 3.21. The third kappa shape index (κ3) is 5.40. The molecule has 1 aliphatic heterocycles. The zero-order valence-corrected chi connectivity index (χ0v) is 20.8. The zero-order valence-electron chi connectivity index (χ0n) is 20.8. The van der Waals surface area contributed by atoms with Gasteiger partial charge in [0.2, 0.25) is 0 Å². The molecule has 3 aromatic rings. The van der Waals surface area contributed by atoms with Crippen LogP contribution in [0.15, 0.2) is 84.4 Å². The summed E-state index contributed by atoms with van der Waals surface area (Å²) in [6, 6.07) is 21.3. The first-order valence-electron chi connectivity index (χ1n) is 12.3. The van der Waals surface area contributed by atoms with Crippen molar-refractivity contribution in [3.05, 3.63) is 101 Å². The predicted octanol–water partition coefficient (Wildman–Crippen LogP) is 5.67. The van der Waals surface area contributed by atoms with Crippen molar-refractivity contribution in [1.82, 2.24) is 0 Å². The molecule has 3 aromatic carbocycles. The van der Waals surface area contributed by atoms with E-state index >= 15 is 0 Å². The molecule has 190 valence electrons. The number of hydrogen-bond acceptors (Lipinski definition) is 6. The van der Waals surface area contributed by atoms with Crippen molar-refractivity contribution >= 4 is 29.1 Å². The van der Waals surface area contributed by atoms with Crippen molar-refractivity contribution in [2.24, 2.45) is 0 Å². The van der Waals surface area contributed by atoms with Crippen LogP contribution in [0.25, 0.3) is 5.76 Å². The Morgan fingerprint density at radius 3 is 2.24 bits per heavy atom. The van der Waals surface area contributed by atoms with E-state index in [9.17, 15) is 19.5 Å². The fraction of sp³-hybridized carbons (Fsp3) is 0.233. The first kappa shape index (κ1) is 25.7. The maximum absolute atomic E-state index is 13.4. The van der Waals surface area contributed by atoms with Crippen LogP contribution in [0.3, 0.4) is 0 Å². The van der Waals surface area contributed by atoms with Gasteiger partial charge in [0.15, 0.2) is 0 Å². The van der Waals surface area contributed by atoms with E-state index in [1.807, 2.05) is 19.9 Å². The van der Waals surface area contributed by atoms with Crippen LogP contribution in [0, 0.1) is 0 Å². The van der Waals surface area contributed by atoms with Gasteiger partial charge in [-0.15, -0.1) is 0 Å². The lowest BCUT2D eigenvalue weighted by Crippen LogP contribution is -2.29. The molecule has 1 N–H and O–H groups in total. The number of aliphatic hydroxyl groups excluding tert-OH is 1. The van der Waals surface area contributed by atoms with Crippen LogP contribution in [-0.4, -0.2) is 36.0 Å². The first-order valence-corrected chi connectivity index (χ1v) is 12.3. The molecule has 1 unspecified atom stereocenters. The minimum Gasteiger partial charge on any atom is -0.507 e. The van der Waals surface area contributed by atoms with E-state index < -0.39 is 23.7 Å². The third-order valence-electron chi connectivity index (χ3n) is 5.96. The molecule has 0 radical (unpaired) electrons. The Labute approximate surface area is 215 Å². The van der Waals surface area contributed by atoms with Gasteiger partial charge in [-0.2, -0.15) is 0 Å². The summed E-state index contributed by atoms with van der Waals surface area (Å²) in [6.45, 7) is 4.75. The van der Waals surface area contributed by atoms with E-state index in [1.165, 1.54) is 11.0 Å². The summed E-state index contributed by atoms with van der Waals surface area (Å²) in [7, 11) is 0. The predicted molar refractivity (Wildman–Crippen MR) is 140 cm³/mol. The van der Waals surface area contributed by atoms with Crippen LogP contribution in [0.5, 0.6) is 5.75 Å². The van der Waals surface area contributed by atoms with Crippen molar-refractivity contribution in [1.29, 1.82) is 0 Å². The van der Waals surface area contributed by atoms with E-state index in [4.69, 9.17) is 9.47 Å². The van der Waals surface area contributed by atoms with Gasteiger partial charge in [0, 0.05) is 11.3 Å². The first-order chi connectivity index (χ1) is 18.0. The maximum atomic E-state index is 13.4. The van der Waals surface area contributed by atoms with E-state index in [0.717, 1.165) is 6.42 Å². The summed E-state index contributed by atoms with van der Waals surface area (Å²) in [6.07, 6.45) is 1.54. The highest BCUT2D eigenvalue weighted by Crippen LogP contribution is 2.42. The average molecular weight is 500 g/mol. The van der Waals surface area contributed by atoms with E-state index in [0.29, 0.717) is 35.6 Å². The molecule has 1 amide bonds. The second-order valence-electron chi connectivity index (χ2n) is 8.64. The smallest absolute Gasteiger partial charge is 0.338 e. The number of ether oxygens (including phenoxy) is 2. The van der Waals surface area contributed by atoms with Crippen molar-refractivity contribution < 1.29 is 29.0 Å². The van der Waals surface area contributed by atoms with E-state index in [-0.39, 0.29) is 23.5 Å². The molecule has 4 rings (SSSR count). The topological polar surface area (TPSA) is 93.1 Å². The normalized spacial score (nSPS) is 16.6. The Kier molecular flexibility index (Phi) is 8.03. The number of carbonyl (C=O) groups is 3. The van der Waals surface area contributed by atoms with E-state index in [2.05, 4.69) is 0 Å². The minimum absolute atomic E-state index is 0.0302. The van der Waals surface area contributed by atoms with Crippen molar-refractivity contribution in [2.45, 2.75) is 32.7 Å². The van der Waals surface area contributed by atoms with Crippen molar-refractivity contribution in [3.63, 3.8) is 0 Å². The summed E-state index contributed by atoms with van der Waals surface area (Å²) in [5, 5.41) is 11.3. The number of aliphatic hydroxyl groups is 1. The molecule has 1 atom stereocenters. The monoisotopic (exact) mass is 499 g/mol. The summed E-state index contributed by atoms with van der Waals surface area (Å²) in [5.41, 5.74) is 1.62. The van der Waals surface area contributed by atoms with Crippen LogP contribution >= 0.6 is 0 Å². The lowest BCUT2D eigenvalue weighted by atomic mass is 9.95. The molecular formula is C30H29NO6. The van der Waals surface area contributed by atoms with Gasteiger partial charge in [-0.05, 0) is 60.9 Å². The standard InChI is InChI=1S/C30H29NO6/c1-3-17-36-24-15-13-21(14-16-24)27(32)25-26(20-9-6-5-7-10-20)31(29(34)28(25)33)23-12-8-11-22(19-23)30(35)37-18-4-2/h5-16,19,26,32H,3-4,17-18H2,1-2H3/b27-25+. The summed E-state index contributed by atoms with van der Waals surface area (Å²) < 4.78 is 10.8. The van der Waals surface area contributed by atoms with Crippen LogP contribution in [0.1, 0.15) is 54.2 Å². The van der Waals surface area contributed by atoms with Gasteiger partial charge in [-0.1, -0.05) is 50.2 Å².